The molecule has 0 aliphatic rings. The van der Waals surface area contributed by atoms with E-state index in [-0.39, 0.29) is 42.3 Å². The first-order valence-corrected chi connectivity index (χ1v) is 8.04. The van der Waals surface area contributed by atoms with Gasteiger partial charge in [0.25, 0.3) is 0 Å². The van der Waals surface area contributed by atoms with E-state index in [0.717, 1.165) is 6.07 Å². The molecule has 0 saturated carbocycles. The first kappa shape index (κ1) is 18.7. The van der Waals surface area contributed by atoms with Crippen LogP contribution in [-0.2, 0) is 11.3 Å². The molecule has 2 rings (SSSR count). The summed E-state index contributed by atoms with van der Waals surface area (Å²) in [5.41, 5.74) is 6.06. The first-order valence-electron chi connectivity index (χ1n) is 8.04. The van der Waals surface area contributed by atoms with Crippen molar-refractivity contribution in [2.24, 2.45) is 5.73 Å². The summed E-state index contributed by atoms with van der Waals surface area (Å²) in [5, 5.41) is 0. The Hall–Kier alpha value is -2.60. The largest absolute Gasteiger partial charge is 0.324 e. The van der Waals surface area contributed by atoms with Gasteiger partial charge in [-0.3, -0.25) is 9.59 Å². The Morgan fingerprint density at radius 3 is 2.48 bits per heavy atom. The van der Waals surface area contributed by atoms with E-state index in [9.17, 15) is 18.4 Å². The van der Waals surface area contributed by atoms with Gasteiger partial charge in [-0.1, -0.05) is 25.1 Å². The summed E-state index contributed by atoms with van der Waals surface area (Å²) in [7, 11) is 0. The summed E-state index contributed by atoms with van der Waals surface area (Å²) >= 11 is 0. The van der Waals surface area contributed by atoms with Crippen LogP contribution in [-0.4, -0.2) is 18.2 Å². The number of nitrogens with zero attached hydrogens (tertiary/aromatic N) is 1. The van der Waals surface area contributed by atoms with Crippen molar-refractivity contribution in [3.8, 4) is 0 Å². The second-order valence-corrected chi connectivity index (χ2v) is 5.64. The smallest absolute Gasteiger partial charge is 0.227 e. The summed E-state index contributed by atoms with van der Waals surface area (Å²) in [6.07, 6.45) is 0.888. The number of hydrogen-bond donors (Lipinski definition) is 1. The van der Waals surface area contributed by atoms with Crippen molar-refractivity contribution >= 4 is 17.4 Å². The van der Waals surface area contributed by atoms with Crippen molar-refractivity contribution < 1.29 is 18.4 Å². The van der Waals surface area contributed by atoms with Crippen LogP contribution in [0.25, 0.3) is 0 Å². The van der Waals surface area contributed by atoms with Gasteiger partial charge >= 0.3 is 0 Å². The van der Waals surface area contributed by atoms with E-state index in [2.05, 4.69) is 0 Å². The zero-order chi connectivity index (χ0) is 18.4. The number of anilines is 1. The molecule has 0 aliphatic carbocycles. The second kappa shape index (κ2) is 8.48. The molecule has 0 heterocycles. The lowest BCUT2D eigenvalue weighted by atomic mass is 10.1. The minimum atomic E-state index is -0.606. The monoisotopic (exact) mass is 346 g/mol. The van der Waals surface area contributed by atoms with Crippen LogP contribution in [0.4, 0.5) is 14.5 Å². The van der Waals surface area contributed by atoms with Crippen LogP contribution >= 0.6 is 0 Å². The molecule has 0 saturated heterocycles. The Kier molecular flexibility index (Phi) is 6.36. The highest BCUT2D eigenvalue weighted by atomic mass is 19.1. The number of amides is 1. The maximum Gasteiger partial charge on any atom is 0.227 e. The molecule has 2 aromatic rings. The predicted molar refractivity (Wildman–Crippen MR) is 92.3 cm³/mol. The lowest BCUT2D eigenvalue weighted by molar-refractivity contribution is -0.118. The standard InChI is InChI=1S/C19H20F2N2O2/c1-2-4-19(25)23(16-6-3-5-15(20)10-16)12-14-8-7-13(9-17(14)21)18(24)11-22/h3,5-10H,2,4,11-12,22H2,1H3. The first-order chi connectivity index (χ1) is 12.0. The van der Waals surface area contributed by atoms with Crippen LogP contribution in [0.2, 0.25) is 0 Å². The average Bonchev–Trinajstić information content (AvgIpc) is 2.60. The van der Waals surface area contributed by atoms with Gasteiger partial charge in [-0.15, -0.1) is 0 Å². The van der Waals surface area contributed by atoms with E-state index in [1.54, 1.807) is 6.07 Å². The van der Waals surface area contributed by atoms with Crippen LogP contribution in [0.5, 0.6) is 0 Å². The average molecular weight is 346 g/mol. The summed E-state index contributed by atoms with van der Waals surface area (Å²) in [6, 6.07) is 9.64. The number of halogens is 2. The van der Waals surface area contributed by atoms with Gasteiger partial charge in [0.1, 0.15) is 11.6 Å². The van der Waals surface area contributed by atoms with Gasteiger partial charge in [0.15, 0.2) is 5.78 Å². The molecule has 0 aromatic heterocycles. The molecule has 0 aliphatic heterocycles. The third kappa shape index (κ3) is 4.70. The molecule has 0 radical (unpaired) electrons. The quantitative estimate of drug-likeness (QED) is 0.781. The van der Waals surface area contributed by atoms with Gasteiger partial charge in [-0.05, 0) is 30.7 Å². The van der Waals surface area contributed by atoms with E-state index < -0.39 is 11.6 Å². The number of ketones is 1. The molecule has 0 unspecified atom stereocenters. The summed E-state index contributed by atoms with van der Waals surface area (Å²) in [4.78, 5) is 25.3. The van der Waals surface area contributed by atoms with Gasteiger partial charge in [0.05, 0.1) is 13.1 Å². The zero-order valence-corrected chi connectivity index (χ0v) is 14.0. The van der Waals surface area contributed by atoms with Gasteiger partial charge in [0.2, 0.25) is 5.91 Å². The fourth-order valence-corrected chi connectivity index (χ4v) is 2.45. The Bertz CT molecular complexity index is 778. The molecule has 25 heavy (non-hydrogen) atoms. The second-order valence-electron chi connectivity index (χ2n) is 5.64. The Morgan fingerprint density at radius 1 is 1.12 bits per heavy atom. The molecule has 2 aromatic carbocycles. The number of rotatable bonds is 7. The number of hydrogen-bond acceptors (Lipinski definition) is 3. The van der Waals surface area contributed by atoms with Gasteiger partial charge < -0.3 is 10.6 Å². The number of nitrogens with two attached hydrogens (primary N) is 1. The summed E-state index contributed by atoms with van der Waals surface area (Å²) in [6.45, 7) is 1.60. The molecule has 1 amide bonds. The van der Waals surface area contributed by atoms with Crippen molar-refractivity contribution in [1.29, 1.82) is 0 Å². The Morgan fingerprint density at radius 2 is 1.88 bits per heavy atom. The number of benzene rings is 2. The van der Waals surface area contributed by atoms with Crippen molar-refractivity contribution in [3.63, 3.8) is 0 Å². The van der Waals surface area contributed by atoms with Gasteiger partial charge in [-0.2, -0.15) is 0 Å². The van der Waals surface area contributed by atoms with Crippen molar-refractivity contribution in [2.45, 2.75) is 26.3 Å². The summed E-state index contributed by atoms with van der Waals surface area (Å²) in [5.74, 6) is -1.68. The molecule has 132 valence electrons. The van der Waals surface area contributed by atoms with Gasteiger partial charge in [0, 0.05) is 23.2 Å². The predicted octanol–water partition coefficient (Wildman–Crippen LogP) is 3.44. The molecular formula is C19H20F2N2O2. The fourth-order valence-electron chi connectivity index (χ4n) is 2.45. The normalized spacial score (nSPS) is 10.6. The van der Waals surface area contributed by atoms with Gasteiger partial charge in [-0.25, -0.2) is 8.78 Å². The van der Waals surface area contributed by atoms with Crippen molar-refractivity contribution in [2.75, 3.05) is 11.4 Å². The van der Waals surface area contributed by atoms with Crippen LogP contribution in [0, 0.1) is 11.6 Å². The van der Waals surface area contributed by atoms with E-state index in [1.165, 1.54) is 35.2 Å². The number of carbonyl (C=O) groups excluding carboxylic acids is 2. The van der Waals surface area contributed by atoms with Crippen LogP contribution in [0.15, 0.2) is 42.5 Å². The van der Waals surface area contributed by atoms with Crippen molar-refractivity contribution in [1.82, 2.24) is 0 Å². The number of carbonyl (C=O) groups is 2. The third-order valence-electron chi connectivity index (χ3n) is 3.77. The van der Waals surface area contributed by atoms with Crippen LogP contribution < -0.4 is 10.6 Å². The lowest BCUT2D eigenvalue weighted by Gasteiger charge is -2.23. The Labute approximate surface area is 145 Å². The molecule has 0 atom stereocenters. The summed E-state index contributed by atoms with van der Waals surface area (Å²) < 4.78 is 27.9. The minimum Gasteiger partial charge on any atom is -0.324 e. The number of Topliss-reactive ketones (excluding diaryl/α,β-unsaturated/α-hetero) is 1. The molecule has 2 N–H and O–H groups in total. The zero-order valence-electron chi connectivity index (χ0n) is 14.0. The maximum absolute atomic E-state index is 14.3. The molecule has 0 spiro atoms. The highest BCUT2D eigenvalue weighted by molar-refractivity contribution is 5.97. The minimum absolute atomic E-state index is 0.0504. The van der Waals surface area contributed by atoms with E-state index >= 15 is 0 Å². The highest BCUT2D eigenvalue weighted by Crippen LogP contribution is 2.22. The lowest BCUT2D eigenvalue weighted by Crippen LogP contribution is -2.30. The van der Waals surface area contributed by atoms with Crippen LogP contribution in [0.3, 0.4) is 0 Å². The van der Waals surface area contributed by atoms with E-state index in [1.807, 2.05) is 6.92 Å². The molecule has 4 nitrogen and oxygen atoms in total. The highest BCUT2D eigenvalue weighted by Gasteiger charge is 2.18. The molecule has 0 fully saturated rings. The molecule has 0 bridgehead atoms. The molecule has 6 heteroatoms. The Balaban J connectivity index is 2.33. The molecular weight excluding hydrogens is 326 g/mol. The van der Waals surface area contributed by atoms with Crippen LogP contribution in [0.1, 0.15) is 35.7 Å². The fraction of sp³-hybridized carbons (Fsp3) is 0.263. The van der Waals surface area contributed by atoms with Crippen molar-refractivity contribution in [3.05, 3.63) is 65.2 Å². The topological polar surface area (TPSA) is 63.4 Å². The third-order valence-corrected chi connectivity index (χ3v) is 3.77. The SMILES string of the molecule is CCCC(=O)N(Cc1ccc(C(=O)CN)cc1F)c1cccc(F)c1. The van der Waals surface area contributed by atoms with E-state index in [0.29, 0.717) is 12.1 Å². The van der Waals surface area contributed by atoms with E-state index in [4.69, 9.17) is 5.73 Å². The maximum atomic E-state index is 14.3.